The number of anilines is 1. The molecule has 0 spiro atoms. The van der Waals surface area contributed by atoms with Crippen LogP contribution in [-0.4, -0.2) is 49.1 Å². The van der Waals surface area contributed by atoms with Crippen LogP contribution in [0.1, 0.15) is 0 Å². The molecule has 0 unspecified atom stereocenters. The van der Waals surface area contributed by atoms with Gasteiger partial charge in [-0.1, -0.05) is 0 Å². The molecule has 1 fully saturated rings. The van der Waals surface area contributed by atoms with Crippen molar-refractivity contribution in [2.45, 2.75) is 0 Å². The van der Waals surface area contributed by atoms with E-state index in [9.17, 15) is 14.9 Å². The van der Waals surface area contributed by atoms with E-state index >= 15 is 0 Å². The van der Waals surface area contributed by atoms with E-state index in [1.165, 1.54) is 18.1 Å². The van der Waals surface area contributed by atoms with Crippen molar-refractivity contribution in [3.8, 4) is 5.75 Å². The van der Waals surface area contributed by atoms with Crippen molar-refractivity contribution < 1.29 is 14.5 Å². The van der Waals surface area contributed by atoms with Crippen molar-refractivity contribution in [1.29, 1.82) is 0 Å². The standard InChI is InChI=1S/C12H16N4O4/c1-20-9-2-3-10(11(8-9)16(18)19)14-4-6-15(7-5-14)12(13)17/h2-3,8H,4-7H2,1H3,(H2,13,17). The molecule has 2 amide bonds. The lowest BCUT2D eigenvalue weighted by molar-refractivity contribution is -0.384. The molecule has 1 aliphatic heterocycles. The Labute approximate surface area is 115 Å². The fourth-order valence-electron chi connectivity index (χ4n) is 2.21. The van der Waals surface area contributed by atoms with Crippen molar-refractivity contribution in [3.05, 3.63) is 28.3 Å². The first-order valence-electron chi connectivity index (χ1n) is 6.14. The quantitative estimate of drug-likeness (QED) is 0.652. The molecule has 0 aliphatic carbocycles. The van der Waals surface area contributed by atoms with Gasteiger partial charge in [-0.3, -0.25) is 10.1 Å². The summed E-state index contributed by atoms with van der Waals surface area (Å²) in [6, 6.07) is 4.28. The molecule has 1 heterocycles. The highest BCUT2D eigenvalue weighted by molar-refractivity contribution is 5.73. The van der Waals surface area contributed by atoms with Gasteiger partial charge in [0, 0.05) is 26.2 Å². The zero-order chi connectivity index (χ0) is 14.7. The van der Waals surface area contributed by atoms with Crippen molar-refractivity contribution in [2.75, 3.05) is 38.2 Å². The first kappa shape index (κ1) is 13.9. The molecule has 2 rings (SSSR count). The van der Waals surface area contributed by atoms with Crippen LogP contribution < -0.4 is 15.4 Å². The fraction of sp³-hybridized carbons (Fsp3) is 0.417. The number of nitro groups is 1. The largest absolute Gasteiger partial charge is 0.496 e. The number of methoxy groups -OCH3 is 1. The van der Waals surface area contributed by atoms with E-state index in [2.05, 4.69) is 0 Å². The molecule has 0 atom stereocenters. The minimum atomic E-state index is -0.464. The van der Waals surface area contributed by atoms with Crippen LogP contribution in [0.3, 0.4) is 0 Å². The summed E-state index contributed by atoms with van der Waals surface area (Å²) >= 11 is 0. The number of hydrogen-bond donors (Lipinski definition) is 1. The molecule has 8 heteroatoms. The maximum absolute atomic E-state index is 11.1. The topological polar surface area (TPSA) is 102 Å². The monoisotopic (exact) mass is 280 g/mol. The smallest absolute Gasteiger partial charge is 0.314 e. The van der Waals surface area contributed by atoms with Crippen LogP contribution in [0.2, 0.25) is 0 Å². The summed E-state index contributed by atoms with van der Waals surface area (Å²) in [7, 11) is 1.46. The highest BCUT2D eigenvalue weighted by Crippen LogP contribution is 2.32. The van der Waals surface area contributed by atoms with Gasteiger partial charge in [-0.25, -0.2) is 4.79 Å². The van der Waals surface area contributed by atoms with Crippen LogP contribution >= 0.6 is 0 Å². The van der Waals surface area contributed by atoms with Crippen LogP contribution in [0, 0.1) is 10.1 Å². The zero-order valence-electron chi connectivity index (χ0n) is 11.1. The molecule has 8 nitrogen and oxygen atoms in total. The van der Waals surface area contributed by atoms with E-state index in [0.717, 1.165) is 0 Å². The SMILES string of the molecule is COc1ccc(N2CCN(C(N)=O)CC2)c([N+](=O)[O-])c1. The van der Waals surface area contributed by atoms with Crippen molar-refractivity contribution >= 4 is 17.4 Å². The van der Waals surface area contributed by atoms with Crippen LogP contribution in [-0.2, 0) is 0 Å². The van der Waals surface area contributed by atoms with Gasteiger partial charge in [-0.2, -0.15) is 0 Å². The van der Waals surface area contributed by atoms with E-state index in [1.807, 2.05) is 4.90 Å². The minimum Gasteiger partial charge on any atom is -0.496 e. The van der Waals surface area contributed by atoms with Gasteiger partial charge >= 0.3 is 6.03 Å². The molecule has 1 saturated heterocycles. The van der Waals surface area contributed by atoms with Crippen molar-refractivity contribution in [3.63, 3.8) is 0 Å². The molecule has 20 heavy (non-hydrogen) atoms. The van der Waals surface area contributed by atoms with E-state index in [1.54, 1.807) is 12.1 Å². The molecule has 0 aromatic heterocycles. The fourth-order valence-corrected chi connectivity index (χ4v) is 2.21. The van der Waals surface area contributed by atoms with Crippen LogP contribution in [0.15, 0.2) is 18.2 Å². The Morgan fingerprint density at radius 1 is 1.35 bits per heavy atom. The number of carbonyl (C=O) groups is 1. The van der Waals surface area contributed by atoms with Gasteiger partial charge in [-0.05, 0) is 12.1 Å². The molecule has 108 valence electrons. The van der Waals surface area contributed by atoms with E-state index in [4.69, 9.17) is 10.5 Å². The lowest BCUT2D eigenvalue weighted by Crippen LogP contribution is -2.50. The Bertz CT molecular complexity index is 526. The number of hydrogen-bond acceptors (Lipinski definition) is 5. The number of carbonyl (C=O) groups excluding carboxylic acids is 1. The number of amides is 2. The molecule has 2 N–H and O–H groups in total. The van der Waals surface area contributed by atoms with Gasteiger partial charge in [0.1, 0.15) is 11.4 Å². The number of nitrogens with zero attached hydrogens (tertiary/aromatic N) is 3. The Morgan fingerprint density at radius 3 is 2.50 bits per heavy atom. The number of piperazine rings is 1. The summed E-state index contributed by atoms with van der Waals surface area (Å²) in [5.41, 5.74) is 5.74. The number of urea groups is 1. The Kier molecular flexibility index (Phi) is 3.92. The molecule has 0 radical (unpaired) electrons. The van der Waals surface area contributed by atoms with Gasteiger partial charge < -0.3 is 20.3 Å². The van der Waals surface area contributed by atoms with Crippen LogP contribution in [0.25, 0.3) is 0 Å². The van der Waals surface area contributed by atoms with Gasteiger partial charge in [0.05, 0.1) is 18.1 Å². The average molecular weight is 280 g/mol. The predicted octanol–water partition coefficient (Wildman–Crippen LogP) is 0.804. The van der Waals surface area contributed by atoms with Gasteiger partial charge in [0.2, 0.25) is 0 Å². The van der Waals surface area contributed by atoms with Crippen LogP contribution in [0.4, 0.5) is 16.2 Å². The maximum Gasteiger partial charge on any atom is 0.314 e. The summed E-state index contributed by atoms with van der Waals surface area (Å²) < 4.78 is 5.00. The second kappa shape index (κ2) is 5.64. The third-order valence-corrected chi connectivity index (χ3v) is 3.31. The van der Waals surface area contributed by atoms with Crippen molar-refractivity contribution in [1.82, 2.24) is 4.90 Å². The molecule has 1 aromatic rings. The Morgan fingerprint density at radius 2 is 2.00 bits per heavy atom. The number of primary amides is 1. The van der Waals surface area contributed by atoms with E-state index in [-0.39, 0.29) is 5.69 Å². The maximum atomic E-state index is 11.1. The molecule has 1 aromatic carbocycles. The van der Waals surface area contributed by atoms with Crippen LogP contribution in [0.5, 0.6) is 5.75 Å². The summed E-state index contributed by atoms with van der Waals surface area (Å²) in [6.07, 6.45) is 0. The molecule has 1 aliphatic rings. The number of rotatable bonds is 3. The normalized spacial score (nSPS) is 15.1. The first-order chi connectivity index (χ1) is 9.52. The van der Waals surface area contributed by atoms with E-state index in [0.29, 0.717) is 37.6 Å². The number of ether oxygens (including phenoxy) is 1. The highest BCUT2D eigenvalue weighted by Gasteiger charge is 2.25. The summed E-state index contributed by atoms with van der Waals surface area (Å²) in [4.78, 5) is 25.2. The summed E-state index contributed by atoms with van der Waals surface area (Å²) in [6.45, 7) is 1.93. The van der Waals surface area contributed by atoms with E-state index < -0.39 is 11.0 Å². The molecular weight excluding hydrogens is 264 g/mol. The van der Waals surface area contributed by atoms with Gasteiger partial charge in [-0.15, -0.1) is 0 Å². The third-order valence-electron chi connectivity index (χ3n) is 3.31. The lowest BCUT2D eigenvalue weighted by Gasteiger charge is -2.34. The molecule has 0 saturated carbocycles. The number of nitrogens with two attached hydrogens (primary N) is 1. The number of benzene rings is 1. The summed E-state index contributed by atoms with van der Waals surface area (Å²) in [5.74, 6) is 0.441. The predicted molar refractivity (Wildman–Crippen MR) is 73.0 cm³/mol. The Balaban J connectivity index is 2.21. The molecular formula is C12H16N4O4. The Hall–Kier alpha value is -2.51. The number of nitro benzene ring substituents is 1. The summed E-state index contributed by atoms with van der Waals surface area (Å²) in [5, 5.41) is 11.1. The zero-order valence-corrected chi connectivity index (χ0v) is 11.1. The van der Waals surface area contributed by atoms with Crippen molar-refractivity contribution in [2.24, 2.45) is 5.73 Å². The lowest BCUT2D eigenvalue weighted by atomic mass is 10.2. The average Bonchev–Trinajstić information content (AvgIpc) is 2.46. The first-order valence-corrected chi connectivity index (χ1v) is 6.14. The second-order valence-corrected chi connectivity index (χ2v) is 4.42. The third kappa shape index (κ3) is 2.73. The van der Waals surface area contributed by atoms with Gasteiger partial charge in [0.15, 0.2) is 0 Å². The minimum absolute atomic E-state index is 0.00289. The highest BCUT2D eigenvalue weighted by atomic mass is 16.6. The van der Waals surface area contributed by atoms with Gasteiger partial charge in [0.25, 0.3) is 5.69 Å². The second-order valence-electron chi connectivity index (χ2n) is 4.42. The molecule has 0 bridgehead atoms.